The van der Waals surface area contributed by atoms with Gasteiger partial charge in [-0.1, -0.05) is 18.5 Å². The Bertz CT molecular complexity index is 402. The lowest BCUT2D eigenvalue weighted by atomic mass is 10.0. The molecule has 0 aliphatic heterocycles. The van der Waals surface area contributed by atoms with E-state index in [4.69, 9.17) is 21.4 Å². The summed E-state index contributed by atoms with van der Waals surface area (Å²) in [5.41, 5.74) is 2.02. The van der Waals surface area contributed by atoms with Crippen molar-refractivity contribution in [3.63, 3.8) is 0 Å². The lowest BCUT2D eigenvalue weighted by molar-refractivity contribution is -0.137. The zero-order chi connectivity index (χ0) is 12.8. The summed E-state index contributed by atoms with van der Waals surface area (Å²) in [6.45, 7) is 2.02. The third-order valence-electron chi connectivity index (χ3n) is 2.64. The van der Waals surface area contributed by atoms with Gasteiger partial charge >= 0.3 is 5.97 Å². The third-order valence-corrected chi connectivity index (χ3v) is 2.98. The number of hydrogen-bond acceptors (Lipinski definition) is 2. The molecule has 0 aliphatic rings. The maximum absolute atomic E-state index is 10.4. The van der Waals surface area contributed by atoms with Crippen LogP contribution in [-0.2, 0) is 17.6 Å². The summed E-state index contributed by atoms with van der Waals surface area (Å²) < 4.78 is 5.28. The van der Waals surface area contributed by atoms with Crippen molar-refractivity contribution in [3.8, 4) is 5.75 Å². The topological polar surface area (TPSA) is 46.5 Å². The summed E-state index contributed by atoms with van der Waals surface area (Å²) in [6.07, 6.45) is 2.31. The SMILES string of the molecule is CCc1c(Cl)cc(CCCC(=O)O)cc1OC. The van der Waals surface area contributed by atoms with Crippen molar-refractivity contribution in [1.82, 2.24) is 0 Å². The molecule has 0 unspecified atom stereocenters. The van der Waals surface area contributed by atoms with E-state index in [9.17, 15) is 4.79 Å². The van der Waals surface area contributed by atoms with E-state index in [0.29, 0.717) is 17.9 Å². The van der Waals surface area contributed by atoms with Gasteiger partial charge in [-0.25, -0.2) is 0 Å². The fourth-order valence-corrected chi connectivity index (χ4v) is 2.14. The van der Waals surface area contributed by atoms with E-state index in [-0.39, 0.29) is 6.42 Å². The highest BCUT2D eigenvalue weighted by Crippen LogP contribution is 2.29. The van der Waals surface area contributed by atoms with Gasteiger partial charge in [-0.2, -0.15) is 0 Å². The van der Waals surface area contributed by atoms with E-state index >= 15 is 0 Å². The summed E-state index contributed by atoms with van der Waals surface area (Å²) in [7, 11) is 1.62. The van der Waals surface area contributed by atoms with Crippen molar-refractivity contribution in [2.45, 2.75) is 32.6 Å². The van der Waals surface area contributed by atoms with Gasteiger partial charge in [-0.05, 0) is 37.0 Å². The molecule has 0 saturated heterocycles. The van der Waals surface area contributed by atoms with Crippen LogP contribution in [0.5, 0.6) is 5.75 Å². The maximum Gasteiger partial charge on any atom is 0.303 e. The molecule has 94 valence electrons. The summed E-state index contributed by atoms with van der Waals surface area (Å²) in [4.78, 5) is 10.4. The largest absolute Gasteiger partial charge is 0.496 e. The van der Waals surface area contributed by atoms with Crippen molar-refractivity contribution in [3.05, 3.63) is 28.3 Å². The van der Waals surface area contributed by atoms with Crippen LogP contribution in [0.2, 0.25) is 5.02 Å². The number of hydrogen-bond donors (Lipinski definition) is 1. The van der Waals surface area contributed by atoms with Crippen LogP contribution in [0.1, 0.15) is 30.9 Å². The van der Waals surface area contributed by atoms with Crippen molar-refractivity contribution >= 4 is 17.6 Å². The molecule has 1 aromatic rings. The minimum absolute atomic E-state index is 0.176. The molecule has 0 heterocycles. The van der Waals surface area contributed by atoms with Gasteiger partial charge in [0.25, 0.3) is 0 Å². The van der Waals surface area contributed by atoms with Gasteiger partial charge < -0.3 is 9.84 Å². The summed E-state index contributed by atoms with van der Waals surface area (Å²) in [5, 5.41) is 9.27. The molecule has 0 radical (unpaired) electrons. The highest BCUT2D eigenvalue weighted by atomic mass is 35.5. The molecule has 0 spiro atoms. The van der Waals surface area contributed by atoms with Gasteiger partial charge in [0.05, 0.1) is 7.11 Å². The normalized spacial score (nSPS) is 10.3. The Morgan fingerprint density at radius 1 is 1.47 bits per heavy atom. The van der Waals surface area contributed by atoms with Gasteiger partial charge in [-0.3, -0.25) is 4.79 Å². The van der Waals surface area contributed by atoms with E-state index < -0.39 is 5.97 Å². The van der Waals surface area contributed by atoms with Crippen molar-refractivity contribution in [1.29, 1.82) is 0 Å². The molecular weight excluding hydrogens is 240 g/mol. The van der Waals surface area contributed by atoms with Gasteiger partial charge in [0, 0.05) is 17.0 Å². The van der Waals surface area contributed by atoms with Crippen molar-refractivity contribution in [2.75, 3.05) is 7.11 Å². The highest BCUT2D eigenvalue weighted by molar-refractivity contribution is 6.31. The second kappa shape index (κ2) is 6.50. The highest BCUT2D eigenvalue weighted by Gasteiger charge is 2.09. The first-order valence-electron chi connectivity index (χ1n) is 5.65. The second-order valence-electron chi connectivity index (χ2n) is 3.86. The Hall–Kier alpha value is -1.22. The van der Waals surface area contributed by atoms with E-state index in [1.807, 2.05) is 19.1 Å². The number of carboxylic acid groups (broad SMARTS) is 1. The molecule has 0 saturated carbocycles. The quantitative estimate of drug-likeness (QED) is 0.849. The molecule has 0 bridgehead atoms. The number of methoxy groups -OCH3 is 1. The smallest absolute Gasteiger partial charge is 0.303 e. The van der Waals surface area contributed by atoms with Crippen LogP contribution < -0.4 is 4.74 Å². The first-order valence-corrected chi connectivity index (χ1v) is 6.03. The van der Waals surface area contributed by atoms with Crippen molar-refractivity contribution in [2.24, 2.45) is 0 Å². The van der Waals surface area contributed by atoms with Crippen LogP contribution in [0.15, 0.2) is 12.1 Å². The first kappa shape index (κ1) is 13.8. The number of aliphatic carboxylic acids is 1. The summed E-state index contributed by atoms with van der Waals surface area (Å²) in [6, 6.07) is 3.83. The lowest BCUT2D eigenvalue weighted by Crippen LogP contribution is -1.98. The first-order chi connectivity index (χ1) is 8.08. The summed E-state index contributed by atoms with van der Waals surface area (Å²) in [5.74, 6) is 0.0126. The molecule has 0 aromatic heterocycles. The lowest BCUT2D eigenvalue weighted by Gasteiger charge is -2.11. The number of benzene rings is 1. The molecule has 17 heavy (non-hydrogen) atoms. The van der Waals surface area contributed by atoms with Crippen LogP contribution >= 0.6 is 11.6 Å². The number of aryl methyl sites for hydroxylation is 1. The predicted octanol–water partition coefficient (Wildman–Crippen LogP) is 3.32. The monoisotopic (exact) mass is 256 g/mol. The average Bonchev–Trinajstić information content (AvgIpc) is 2.27. The van der Waals surface area contributed by atoms with Crippen molar-refractivity contribution < 1.29 is 14.6 Å². The molecule has 0 aliphatic carbocycles. The Kier molecular flexibility index (Phi) is 5.29. The summed E-state index contributed by atoms with van der Waals surface area (Å²) >= 11 is 6.16. The van der Waals surface area contributed by atoms with E-state index in [1.54, 1.807) is 7.11 Å². The number of rotatable bonds is 6. The number of ether oxygens (including phenoxy) is 1. The van der Waals surface area contributed by atoms with Gasteiger partial charge in [0.15, 0.2) is 0 Å². The van der Waals surface area contributed by atoms with Crippen LogP contribution in [-0.4, -0.2) is 18.2 Å². The molecule has 3 nitrogen and oxygen atoms in total. The molecular formula is C13H17ClO3. The van der Waals surface area contributed by atoms with Gasteiger partial charge in [0.2, 0.25) is 0 Å². The van der Waals surface area contributed by atoms with E-state index in [1.165, 1.54) is 0 Å². The minimum atomic E-state index is -0.770. The average molecular weight is 257 g/mol. The zero-order valence-corrected chi connectivity index (χ0v) is 10.9. The van der Waals surface area contributed by atoms with E-state index in [0.717, 1.165) is 23.3 Å². The molecule has 0 fully saturated rings. The Labute approximate surface area is 106 Å². The molecule has 0 atom stereocenters. The number of carbonyl (C=O) groups is 1. The fraction of sp³-hybridized carbons (Fsp3) is 0.462. The maximum atomic E-state index is 10.4. The minimum Gasteiger partial charge on any atom is -0.496 e. The Morgan fingerprint density at radius 3 is 2.71 bits per heavy atom. The van der Waals surface area contributed by atoms with Crippen LogP contribution in [0.25, 0.3) is 0 Å². The predicted molar refractivity (Wildman–Crippen MR) is 68.0 cm³/mol. The van der Waals surface area contributed by atoms with Gasteiger partial charge in [0.1, 0.15) is 5.75 Å². The van der Waals surface area contributed by atoms with E-state index in [2.05, 4.69) is 0 Å². The third kappa shape index (κ3) is 3.93. The molecule has 1 rings (SSSR count). The molecule has 1 N–H and O–H groups in total. The Balaban J connectivity index is 2.80. The fourth-order valence-electron chi connectivity index (χ4n) is 1.78. The van der Waals surface area contributed by atoms with Crippen LogP contribution in [0.3, 0.4) is 0 Å². The van der Waals surface area contributed by atoms with Crippen LogP contribution in [0, 0.1) is 0 Å². The zero-order valence-electron chi connectivity index (χ0n) is 10.1. The second-order valence-corrected chi connectivity index (χ2v) is 4.27. The molecule has 4 heteroatoms. The standard InChI is InChI=1S/C13H17ClO3/c1-3-10-11(14)7-9(8-12(10)17-2)5-4-6-13(15)16/h7-8H,3-6H2,1-2H3,(H,15,16). The molecule has 0 amide bonds. The number of halogens is 1. The molecule has 1 aromatic carbocycles. The van der Waals surface area contributed by atoms with Crippen LogP contribution in [0.4, 0.5) is 0 Å². The number of carboxylic acids is 1. The Morgan fingerprint density at radius 2 is 2.18 bits per heavy atom. The van der Waals surface area contributed by atoms with Gasteiger partial charge in [-0.15, -0.1) is 0 Å².